The lowest BCUT2D eigenvalue weighted by Crippen LogP contribution is -2.22. The molecule has 1 aromatic heterocycles. The van der Waals surface area contributed by atoms with E-state index in [2.05, 4.69) is 25.3 Å². The van der Waals surface area contributed by atoms with E-state index in [4.69, 9.17) is 16.7 Å². The third-order valence-electron chi connectivity index (χ3n) is 3.10. The Balaban J connectivity index is 2.31. The summed E-state index contributed by atoms with van der Waals surface area (Å²) in [4.78, 5) is 7.18. The number of alkyl halides is 6. The first-order valence-electron chi connectivity index (χ1n) is 7.53. The molecule has 13 heteroatoms. The molecular weight excluding hydrogens is 418 g/mol. The quantitative estimate of drug-likeness (QED) is 0.582. The first-order valence-corrected chi connectivity index (χ1v) is 7.91. The Hall–Kier alpha value is -2.47. The number of anilines is 3. The summed E-state index contributed by atoms with van der Waals surface area (Å²) >= 11 is 5.71. The van der Waals surface area contributed by atoms with Crippen LogP contribution in [0.25, 0.3) is 0 Å². The Labute approximate surface area is 159 Å². The largest absolute Gasteiger partial charge is 0.573 e. The van der Waals surface area contributed by atoms with Gasteiger partial charge in [0, 0.05) is 17.8 Å². The maximum Gasteiger partial charge on any atom is 0.573 e. The molecular formula is C15H13ClF6N4O2. The van der Waals surface area contributed by atoms with E-state index >= 15 is 0 Å². The van der Waals surface area contributed by atoms with Crippen molar-refractivity contribution in [1.82, 2.24) is 9.97 Å². The van der Waals surface area contributed by atoms with Crippen molar-refractivity contribution in [3.63, 3.8) is 0 Å². The molecule has 0 aliphatic heterocycles. The third-order valence-corrected chi connectivity index (χ3v) is 3.39. The van der Waals surface area contributed by atoms with Crippen LogP contribution in [0.1, 0.15) is 12.6 Å². The zero-order valence-corrected chi connectivity index (χ0v) is 14.7. The topological polar surface area (TPSA) is 79.3 Å². The van der Waals surface area contributed by atoms with Gasteiger partial charge in [0.15, 0.2) is 5.69 Å². The average Bonchev–Trinajstić information content (AvgIpc) is 2.55. The highest BCUT2D eigenvalue weighted by molar-refractivity contribution is 6.32. The minimum atomic E-state index is -4.95. The minimum Gasteiger partial charge on any atom is -0.404 e. The first-order chi connectivity index (χ1) is 12.9. The molecule has 6 nitrogen and oxygen atoms in total. The summed E-state index contributed by atoms with van der Waals surface area (Å²) in [5.41, 5.74) is -1.20. The molecule has 0 amide bonds. The number of hydrogen-bond acceptors (Lipinski definition) is 6. The van der Waals surface area contributed by atoms with Crippen LogP contribution in [-0.2, 0) is 6.18 Å². The second-order valence-electron chi connectivity index (χ2n) is 5.51. The van der Waals surface area contributed by atoms with E-state index < -0.39 is 41.0 Å². The first kappa shape index (κ1) is 21.8. The van der Waals surface area contributed by atoms with Crippen molar-refractivity contribution in [2.45, 2.75) is 25.5 Å². The van der Waals surface area contributed by atoms with Crippen LogP contribution in [0.2, 0.25) is 5.02 Å². The third kappa shape index (κ3) is 6.30. The molecule has 3 N–H and O–H groups in total. The van der Waals surface area contributed by atoms with Crippen LogP contribution in [0.3, 0.4) is 0 Å². The lowest BCUT2D eigenvalue weighted by molar-refractivity contribution is -0.274. The molecule has 0 radical (unpaired) electrons. The van der Waals surface area contributed by atoms with E-state index in [-0.39, 0.29) is 18.1 Å². The molecule has 0 unspecified atom stereocenters. The molecule has 1 aromatic carbocycles. The molecule has 0 aliphatic rings. The van der Waals surface area contributed by atoms with E-state index in [0.717, 1.165) is 18.2 Å². The average molecular weight is 431 g/mol. The van der Waals surface area contributed by atoms with Crippen LogP contribution >= 0.6 is 11.6 Å². The van der Waals surface area contributed by atoms with Crippen LogP contribution in [0.4, 0.5) is 43.8 Å². The number of hydrogen-bond donors (Lipinski definition) is 3. The van der Waals surface area contributed by atoms with E-state index in [1.54, 1.807) is 0 Å². The van der Waals surface area contributed by atoms with Gasteiger partial charge in [0.25, 0.3) is 0 Å². The monoisotopic (exact) mass is 430 g/mol. The maximum absolute atomic E-state index is 13.0. The normalized spacial score (nSPS) is 13.2. The fourth-order valence-corrected chi connectivity index (χ4v) is 2.14. The minimum absolute atomic E-state index is 0.0625. The Bertz CT molecular complexity index is 831. The number of aromatic nitrogens is 2. The summed E-state index contributed by atoms with van der Waals surface area (Å²) in [6.07, 6.45) is -9.73. The Morgan fingerprint density at radius 1 is 1.14 bits per heavy atom. The van der Waals surface area contributed by atoms with Gasteiger partial charge in [0.05, 0.1) is 11.6 Å². The fourth-order valence-electron chi connectivity index (χ4n) is 1.92. The summed E-state index contributed by atoms with van der Waals surface area (Å²) in [7, 11) is 0. The number of ether oxygens (including phenoxy) is 1. The molecule has 2 aromatic rings. The van der Waals surface area contributed by atoms with E-state index in [0.29, 0.717) is 6.07 Å². The van der Waals surface area contributed by atoms with Gasteiger partial charge in [0.2, 0.25) is 5.95 Å². The number of nitrogens with one attached hydrogen (secondary N) is 2. The molecule has 0 bridgehead atoms. The van der Waals surface area contributed by atoms with Crippen molar-refractivity contribution in [3.8, 4) is 5.75 Å². The van der Waals surface area contributed by atoms with Gasteiger partial charge in [-0.05, 0) is 25.1 Å². The van der Waals surface area contributed by atoms with Crippen molar-refractivity contribution in [2.24, 2.45) is 0 Å². The SMILES string of the molecule is C[C@H](CO)Nc1nc(Nc2ccc(OC(F)(F)F)c(Cl)c2)cc(C(F)(F)F)n1. The molecule has 0 saturated carbocycles. The zero-order valence-electron chi connectivity index (χ0n) is 14.0. The van der Waals surface area contributed by atoms with Gasteiger partial charge in [-0.1, -0.05) is 11.6 Å². The molecule has 28 heavy (non-hydrogen) atoms. The summed E-state index contributed by atoms with van der Waals surface area (Å²) in [5.74, 6) is -1.37. The van der Waals surface area contributed by atoms with E-state index in [1.165, 1.54) is 6.92 Å². The number of halogens is 7. The van der Waals surface area contributed by atoms with Gasteiger partial charge in [-0.15, -0.1) is 13.2 Å². The predicted octanol–water partition coefficient (Wildman–Crippen LogP) is 4.58. The van der Waals surface area contributed by atoms with E-state index in [1.807, 2.05) is 0 Å². The highest BCUT2D eigenvalue weighted by Gasteiger charge is 2.34. The predicted molar refractivity (Wildman–Crippen MR) is 88.6 cm³/mol. The van der Waals surface area contributed by atoms with Gasteiger partial charge >= 0.3 is 12.5 Å². The van der Waals surface area contributed by atoms with Crippen molar-refractivity contribution >= 4 is 29.1 Å². The van der Waals surface area contributed by atoms with Gasteiger partial charge in [0.1, 0.15) is 11.6 Å². The molecule has 0 aliphatic carbocycles. The lowest BCUT2D eigenvalue weighted by Gasteiger charge is -2.16. The second kappa shape index (κ2) is 8.27. The lowest BCUT2D eigenvalue weighted by atomic mass is 10.3. The number of nitrogens with zero attached hydrogens (tertiary/aromatic N) is 2. The van der Waals surface area contributed by atoms with Gasteiger partial charge in [-0.2, -0.15) is 18.2 Å². The Morgan fingerprint density at radius 2 is 1.82 bits per heavy atom. The molecule has 0 saturated heterocycles. The standard InChI is InChI=1S/C15H13ClF6N4O2/c1-7(6-27)23-13-25-11(14(17,18)19)5-12(26-13)24-8-2-3-10(9(16)4-8)28-15(20,21)22/h2-5,7,27H,6H2,1H3,(H2,23,24,25,26)/t7-/m1/s1. The van der Waals surface area contributed by atoms with Crippen LogP contribution in [0, 0.1) is 0 Å². The molecule has 0 fully saturated rings. The van der Waals surface area contributed by atoms with Crippen LogP contribution in [0.15, 0.2) is 24.3 Å². The molecule has 2 rings (SSSR count). The van der Waals surface area contributed by atoms with Crippen LogP contribution in [0.5, 0.6) is 5.75 Å². The van der Waals surface area contributed by atoms with Crippen molar-refractivity contribution < 1.29 is 36.2 Å². The van der Waals surface area contributed by atoms with Crippen molar-refractivity contribution in [1.29, 1.82) is 0 Å². The van der Waals surface area contributed by atoms with Crippen molar-refractivity contribution in [3.05, 3.63) is 35.0 Å². The summed E-state index contributed by atoms with van der Waals surface area (Å²) in [5, 5.41) is 13.6. The maximum atomic E-state index is 13.0. The molecule has 1 heterocycles. The molecule has 154 valence electrons. The van der Waals surface area contributed by atoms with Gasteiger partial charge < -0.3 is 20.5 Å². The molecule has 1 atom stereocenters. The highest BCUT2D eigenvalue weighted by atomic mass is 35.5. The van der Waals surface area contributed by atoms with E-state index in [9.17, 15) is 26.3 Å². The van der Waals surface area contributed by atoms with Gasteiger partial charge in [-0.3, -0.25) is 0 Å². The number of rotatable bonds is 6. The summed E-state index contributed by atoms with van der Waals surface area (Å²) < 4.78 is 79.6. The number of aliphatic hydroxyl groups is 1. The summed E-state index contributed by atoms with van der Waals surface area (Å²) in [6.45, 7) is 1.12. The van der Waals surface area contributed by atoms with Crippen LogP contribution in [-0.4, -0.2) is 34.1 Å². The smallest absolute Gasteiger partial charge is 0.404 e. The van der Waals surface area contributed by atoms with Gasteiger partial charge in [-0.25, -0.2) is 4.98 Å². The fraction of sp³-hybridized carbons (Fsp3) is 0.333. The second-order valence-corrected chi connectivity index (χ2v) is 5.91. The Kier molecular flexibility index (Phi) is 6.44. The highest BCUT2D eigenvalue weighted by Crippen LogP contribution is 2.34. The molecule has 0 spiro atoms. The van der Waals surface area contributed by atoms with Crippen LogP contribution < -0.4 is 15.4 Å². The number of aliphatic hydroxyl groups excluding tert-OH is 1. The summed E-state index contributed by atoms with van der Waals surface area (Å²) in [6, 6.07) is 3.04. The number of benzene rings is 1. The Morgan fingerprint density at radius 3 is 2.36 bits per heavy atom. The zero-order chi connectivity index (χ0) is 21.1. The van der Waals surface area contributed by atoms with Crippen molar-refractivity contribution in [2.75, 3.05) is 17.2 Å².